The van der Waals surface area contributed by atoms with Gasteiger partial charge >= 0.3 is 0 Å². The first-order chi connectivity index (χ1) is 6.38. The Kier molecular flexibility index (Phi) is 4.17. The predicted octanol–water partition coefficient (Wildman–Crippen LogP) is -1.76. The van der Waals surface area contributed by atoms with Crippen molar-refractivity contribution in [2.45, 2.75) is 0 Å². The molecule has 1 fully saturated rings. The average molecular weight is 216 g/mol. The smallest absolute Gasteiger partial charge is 0.146 e. The fourth-order valence-electron chi connectivity index (χ4n) is 1.61. The van der Waals surface area contributed by atoms with E-state index < -0.39 is 0 Å². The van der Waals surface area contributed by atoms with Crippen LogP contribution in [0.2, 0.25) is 0 Å². The second-order valence-corrected chi connectivity index (χ2v) is 3.19. The summed E-state index contributed by atoms with van der Waals surface area (Å²) in [5.41, 5.74) is 0.726. The van der Waals surface area contributed by atoms with Crippen molar-refractivity contribution >= 4 is 5.69 Å². The summed E-state index contributed by atoms with van der Waals surface area (Å²) in [5.74, 6) is -0.121. The van der Waals surface area contributed by atoms with E-state index in [4.69, 9.17) is 0 Å². The topological polar surface area (TPSA) is 15.3 Å². The number of piperazine rings is 1. The van der Waals surface area contributed by atoms with Gasteiger partial charge in [-0.1, -0.05) is 12.1 Å². The van der Waals surface area contributed by atoms with Crippen LogP contribution in [-0.2, 0) is 0 Å². The normalized spacial score (nSPS) is 16.2. The lowest BCUT2D eigenvalue weighted by Crippen LogP contribution is -3.00. The van der Waals surface area contributed by atoms with E-state index in [2.05, 4.69) is 10.2 Å². The van der Waals surface area contributed by atoms with Crippen molar-refractivity contribution in [3.05, 3.63) is 30.1 Å². The van der Waals surface area contributed by atoms with E-state index in [9.17, 15) is 4.39 Å². The maximum Gasteiger partial charge on any atom is 0.146 e. The maximum atomic E-state index is 13.3. The summed E-state index contributed by atoms with van der Waals surface area (Å²) in [5, 5.41) is 3.24. The van der Waals surface area contributed by atoms with E-state index in [-0.39, 0.29) is 18.2 Å². The molecule has 1 N–H and O–H groups in total. The zero-order chi connectivity index (χ0) is 9.10. The van der Waals surface area contributed by atoms with E-state index in [1.807, 2.05) is 12.1 Å². The van der Waals surface area contributed by atoms with E-state index in [1.165, 1.54) is 6.07 Å². The first-order valence-corrected chi connectivity index (χ1v) is 4.58. The molecule has 0 aliphatic carbocycles. The zero-order valence-electron chi connectivity index (χ0n) is 7.84. The number of anilines is 1. The number of benzene rings is 1. The Hall–Kier alpha value is -0.800. The van der Waals surface area contributed by atoms with Crippen LogP contribution in [-0.4, -0.2) is 26.2 Å². The van der Waals surface area contributed by atoms with Crippen molar-refractivity contribution in [2.75, 3.05) is 31.1 Å². The summed E-state index contributed by atoms with van der Waals surface area (Å²) in [4.78, 5) is 2.08. The minimum atomic E-state index is -0.121. The molecular formula is C10H13ClFN2-. The molecule has 0 radical (unpaired) electrons. The molecule has 0 spiro atoms. The minimum Gasteiger partial charge on any atom is -1.00 e. The van der Waals surface area contributed by atoms with Crippen LogP contribution in [0.1, 0.15) is 0 Å². The van der Waals surface area contributed by atoms with Crippen LogP contribution in [0.25, 0.3) is 0 Å². The lowest BCUT2D eigenvalue weighted by Gasteiger charge is -2.29. The number of halogens is 2. The molecule has 14 heavy (non-hydrogen) atoms. The summed E-state index contributed by atoms with van der Waals surface area (Å²) in [6, 6.07) is 6.94. The third kappa shape index (κ3) is 2.36. The monoisotopic (exact) mass is 215 g/mol. The number of para-hydroxylation sites is 1. The van der Waals surface area contributed by atoms with E-state index >= 15 is 0 Å². The van der Waals surface area contributed by atoms with Gasteiger partial charge in [0.15, 0.2) is 0 Å². The van der Waals surface area contributed by atoms with Gasteiger partial charge in [0.25, 0.3) is 0 Å². The van der Waals surface area contributed by atoms with Crippen molar-refractivity contribution in [3.8, 4) is 0 Å². The fourth-order valence-corrected chi connectivity index (χ4v) is 1.61. The van der Waals surface area contributed by atoms with Crippen LogP contribution < -0.4 is 22.6 Å². The Morgan fingerprint density at radius 3 is 2.43 bits per heavy atom. The molecule has 0 aromatic heterocycles. The molecule has 1 heterocycles. The molecule has 1 aromatic carbocycles. The highest BCUT2D eigenvalue weighted by atomic mass is 35.5. The van der Waals surface area contributed by atoms with Crippen LogP contribution in [0.4, 0.5) is 10.1 Å². The number of hydrogen-bond acceptors (Lipinski definition) is 2. The van der Waals surface area contributed by atoms with Crippen LogP contribution in [0, 0.1) is 5.82 Å². The molecule has 1 saturated heterocycles. The molecule has 78 valence electrons. The van der Waals surface area contributed by atoms with Gasteiger partial charge in [0.2, 0.25) is 0 Å². The van der Waals surface area contributed by atoms with E-state index in [1.54, 1.807) is 6.07 Å². The van der Waals surface area contributed by atoms with Crippen LogP contribution >= 0.6 is 0 Å². The van der Waals surface area contributed by atoms with Gasteiger partial charge in [-0.2, -0.15) is 0 Å². The van der Waals surface area contributed by atoms with E-state index in [0.717, 1.165) is 31.9 Å². The van der Waals surface area contributed by atoms with Gasteiger partial charge in [0.05, 0.1) is 5.69 Å². The Morgan fingerprint density at radius 1 is 1.14 bits per heavy atom. The molecule has 0 saturated carbocycles. The molecule has 0 amide bonds. The van der Waals surface area contributed by atoms with Crippen molar-refractivity contribution in [3.63, 3.8) is 0 Å². The SMILES string of the molecule is Fc1ccccc1N1CCNCC1.[Cl-]. The Balaban J connectivity index is 0.000000980. The van der Waals surface area contributed by atoms with Gasteiger partial charge in [-0.25, -0.2) is 4.39 Å². The van der Waals surface area contributed by atoms with Gasteiger partial charge < -0.3 is 22.6 Å². The zero-order valence-corrected chi connectivity index (χ0v) is 8.60. The highest BCUT2D eigenvalue weighted by molar-refractivity contribution is 5.47. The van der Waals surface area contributed by atoms with Crippen molar-refractivity contribution in [1.29, 1.82) is 0 Å². The third-order valence-electron chi connectivity index (χ3n) is 2.31. The van der Waals surface area contributed by atoms with E-state index in [0.29, 0.717) is 0 Å². The lowest BCUT2D eigenvalue weighted by molar-refractivity contribution is -0.00000322. The molecule has 2 rings (SSSR count). The molecule has 1 aromatic rings. The minimum absolute atomic E-state index is 0. The average Bonchev–Trinajstić information content (AvgIpc) is 2.20. The summed E-state index contributed by atoms with van der Waals surface area (Å²) >= 11 is 0. The van der Waals surface area contributed by atoms with Crippen LogP contribution in [0.3, 0.4) is 0 Å². The summed E-state index contributed by atoms with van der Waals surface area (Å²) in [7, 11) is 0. The standard InChI is InChI=1S/C10H13FN2.ClH/c11-9-3-1-2-4-10(9)13-7-5-12-6-8-13;/h1-4,12H,5-8H2;1H/p-1. The molecule has 1 aliphatic heterocycles. The maximum absolute atomic E-state index is 13.3. The Bertz CT molecular complexity index is 287. The van der Waals surface area contributed by atoms with Crippen molar-refractivity contribution in [2.24, 2.45) is 0 Å². The Morgan fingerprint density at radius 2 is 1.79 bits per heavy atom. The molecule has 2 nitrogen and oxygen atoms in total. The molecule has 1 aliphatic rings. The number of nitrogens with zero attached hydrogens (tertiary/aromatic N) is 1. The first-order valence-electron chi connectivity index (χ1n) is 4.58. The molecule has 4 heteroatoms. The van der Waals surface area contributed by atoms with Gasteiger partial charge in [-0.3, -0.25) is 0 Å². The lowest BCUT2D eigenvalue weighted by atomic mass is 10.2. The third-order valence-corrected chi connectivity index (χ3v) is 2.31. The fraction of sp³-hybridized carbons (Fsp3) is 0.400. The van der Waals surface area contributed by atoms with Crippen LogP contribution in [0.5, 0.6) is 0 Å². The van der Waals surface area contributed by atoms with Gasteiger partial charge in [0.1, 0.15) is 5.82 Å². The van der Waals surface area contributed by atoms with Crippen LogP contribution in [0.15, 0.2) is 24.3 Å². The predicted molar refractivity (Wildman–Crippen MR) is 51.5 cm³/mol. The van der Waals surface area contributed by atoms with Gasteiger partial charge in [-0.15, -0.1) is 0 Å². The highest BCUT2D eigenvalue weighted by Gasteiger charge is 2.12. The first kappa shape index (κ1) is 11.3. The summed E-state index contributed by atoms with van der Waals surface area (Å²) in [6.07, 6.45) is 0. The second-order valence-electron chi connectivity index (χ2n) is 3.19. The largest absolute Gasteiger partial charge is 1.00 e. The van der Waals surface area contributed by atoms with Gasteiger partial charge in [0, 0.05) is 26.2 Å². The van der Waals surface area contributed by atoms with Crippen molar-refractivity contribution in [1.82, 2.24) is 5.32 Å². The summed E-state index contributed by atoms with van der Waals surface area (Å²) < 4.78 is 13.3. The molecular weight excluding hydrogens is 203 g/mol. The second kappa shape index (κ2) is 5.17. The highest BCUT2D eigenvalue weighted by Crippen LogP contribution is 2.18. The van der Waals surface area contributed by atoms with Crippen molar-refractivity contribution < 1.29 is 16.8 Å². The molecule has 0 unspecified atom stereocenters. The molecule has 0 atom stereocenters. The quantitative estimate of drug-likeness (QED) is 0.597. The number of nitrogens with one attached hydrogen (secondary N) is 1. The number of hydrogen-bond donors (Lipinski definition) is 1. The molecule has 0 bridgehead atoms. The summed E-state index contributed by atoms with van der Waals surface area (Å²) in [6.45, 7) is 3.66. The number of rotatable bonds is 1. The Labute approximate surface area is 89.5 Å². The van der Waals surface area contributed by atoms with Gasteiger partial charge in [-0.05, 0) is 12.1 Å².